The lowest BCUT2D eigenvalue weighted by Crippen LogP contribution is -2.42. The lowest BCUT2D eigenvalue weighted by atomic mass is 10.1. The molecule has 0 radical (unpaired) electrons. The van der Waals surface area contributed by atoms with Crippen LogP contribution in [-0.2, 0) is 4.79 Å². The predicted octanol–water partition coefficient (Wildman–Crippen LogP) is 2.38. The molecule has 124 valence electrons. The van der Waals surface area contributed by atoms with Gasteiger partial charge in [0.2, 0.25) is 5.91 Å². The number of anilines is 2. The zero-order valence-electron chi connectivity index (χ0n) is 13.5. The van der Waals surface area contributed by atoms with Crippen molar-refractivity contribution in [2.75, 3.05) is 16.8 Å². The molecule has 7 heteroatoms. The van der Waals surface area contributed by atoms with Crippen LogP contribution < -0.4 is 10.2 Å². The van der Waals surface area contributed by atoms with Crippen LogP contribution in [0.3, 0.4) is 0 Å². The van der Waals surface area contributed by atoms with Gasteiger partial charge in [-0.3, -0.25) is 24.6 Å². The first-order valence-electron chi connectivity index (χ1n) is 7.80. The topological polar surface area (TPSA) is 91.0 Å². The van der Waals surface area contributed by atoms with Crippen LogP contribution >= 0.6 is 0 Å². The Hall–Kier alpha value is -3.48. The van der Waals surface area contributed by atoms with Crippen LogP contribution in [0, 0.1) is 6.92 Å². The molecule has 0 aliphatic carbocycles. The number of aromatic amines is 1. The number of aromatic nitrogens is 3. The maximum Gasteiger partial charge on any atom is 0.276 e. The minimum absolute atomic E-state index is 0.0469. The molecule has 7 nitrogen and oxygen atoms in total. The number of carbonyl (C=O) groups excluding carboxylic acids is 2. The molecule has 2 amide bonds. The molecule has 3 heterocycles. The first-order chi connectivity index (χ1) is 12.1. The molecule has 0 bridgehead atoms. The van der Waals surface area contributed by atoms with Crippen molar-refractivity contribution in [3.8, 4) is 11.3 Å². The summed E-state index contributed by atoms with van der Waals surface area (Å²) in [5.74, 6) is -0.569. The van der Waals surface area contributed by atoms with E-state index >= 15 is 0 Å². The van der Waals surface area contributed by atoms with E-state index in [1.807, 2.05) is 31.2 Å². The summed E-state index contributed by atoms with van der Waals surface area (Å²) in [6.07, 6.45) is 3.11. The molecule has 1 aliphatic heterocycles. The van der Waals surface area contributed by atoms with Crippen molar-refractivity contribution >= 4 is 23.2 Å². The first-order valence-corrected chi connectivity index (χ1v) is 7.80. The van der Waals surface area contributed by atoms with Gasteiger partial charge in [-0.2, -0.15) is 5.10 Å². The summed E-state index contributed by atoms with van der Waals surface area (Å²) < 4.78 is 0. The highest BCUT2D eigenvalue weighted by atomic mass is 16.2. The number of carbonyl (C=O) groups is 2. The number of rotatable bonds is 2. The Labute approximate surface area is 143 Å². The third-order valence-electron chi connectivity index (χ3n) is 4.07. The second-order valence-corrected chi connectivity index (χ2v) is 5.87. The van der Waals surface area contributed by atoms with Crippen molar-refractivity contribution in [1.29, 1.82) is 0 Å². The van der Waals surface area contributed by atoms with E-state index < -0.39 is 0 Å². The highest BCUT2D eigenvalue weighted by Crippen LogP contribution is 2.29. The quantitative estimate of drug-likeness (QED) is 0.753. The second kappa shape index (κ2) is 5.86. The molecule has 0 atom stereocenters. The van der Waals surface area contributed by atoms with Gasteiger partial charge in [0.05, 0.1) is 23.3 Å². The Bertz CT molecular complexity index is 962. The van der Waals surface area contributed by atoms with Gasteiger partial charge >= 0.3 is 0 Å². The number of hydrogen-bond acceptors (Lipinski definition) is 4. The molecule has 1 aromatic carbocycles. The molecule has 2 N–H and O–H groups in total. The van der Waals surface area contributed by atoms with Gasteiger partial charge in [-0.25, -0.2) is 0 Å². The Morgan fingerprint density at radius 1 is 1.20 bits per heavy atom. The lowest BCUT2D eigenvalue weighted by molar-refractivity contribution is -0.115. The third-order valence-corrected chi connectivity index (χ3v) is 4.07. The van der Waals surface area contributed by atoms with Crippen LogP contribution in [0.25, 0.3) is 11.3 Å². The van der Waals surface area contributed by atoms with E-state index in [1.165, 1.54) is 11.1 Å². The van der Waals surface area contributed by atoms with Gasteiger partial charge in [0.25, 0.3) is 5.91 Å². The van der Waals surface area contributed by atoms with Crippen LogP contribution in [0.2, 0.25) is 0 Å². The Kier molecular flexibility index (Phi) is 3.53. The maximum absolute atomic E-state index is 12.9. The normalized spacial score (nSPS) is 13.3. The molecular weight excluding hydrogens is 318 g/mol. The number of pyridine rings is 1. The fraction of sp³-hybridized carbons (Fsp3) is 0.111. The van der Waals surface area contributed by atoms with E-state index in [0.29, 0.717) is 22.8 Å². The maximum atomic E-state index is 12.9. The number of hydrogen-bond donors (Lipinski definition) is 2. The van der Waals surface area contributed by atoms with Crippen molar-refractivity contribution in [3.63, 3.8) is 0 Å². The smallest absolute Gasteiger partial charge is 0.276 e. The van der Waals surface area contributed by atoms with Crippen molar-refractivity contribution < 1.29 is 9.59 Å². The van der Waals surface area contributed by atoms with E-state index in [2.05, 4.69) is 20.5 Å². The average molecular weight is 333 g/mol. The van der Waals surface area contributed by atoms with Crippen LogP contribution in [0.4, 0.5) is 11.4 Å². The van der Waals surface area contributed by atoms with E-state index in [1.54, 1.807) is 18.3 Å². The van der Waals surface area contributed by atoms with Crippen molar-refractivity contribution in [1.82, 2.24) is 15.2 Å². The molecule has 4 rings (SSSR count). The van der Waals surface area contributed by atoms with E-state index in [9.17, 15) is 9.59 Å². The van der Waals surface area contributed by atoms with E-state index in [0.717, 1.165) is 11.1 Å². The number of benzene rings is 1. The zero-order valence-corrected chi connectivity index (χ0v) is 13.5. The molecule has 0 fully saturated rings. The summed E-state index contributed by atoms with van der Waals surface area (Å²) in [7, 11) is 0. The van der Waals surface area contributed by atoms with Gasteiger partial charge in [0.15, 0.2) is 0 Å². The summed E-state index contributed by atoms with van der Waals surface area (Å²) in [6, 6.07) is 11.3. The molecule has 0 saturated carbocycles. The molecule has 0 saturated heterocycles. The van der Waals surface area contributed by atoms with Crippen LogP contribution in [0.1, 0.15) is 16.1 Å². The summed E-state index contributed by atoms with van der Waals surface area (Å²) in [4.78, 5) is 30.1. The molecule has 3 aromatic rings. The molecule has 0 spiro atoms. The highest BCUT2D eigenvalue weighted by Gasteiger charge is 2.28. The summed E-state index contributed by atoms with van der Waals surface area (Å²) >= 11 is 0. The summed E-state index contributed by atoms with van der Waals surface area (Å²) in [5.41, 5.74) is 4.21. The zero-order chi connectivity index (χ0) is 17.4. The minimum Gasteiger partial charge on any atom is -0.321 e. The second-order valence-electron chi connectivity index (χ2n) is 5.87. The number of fused-ring (bicyclic) bond motifs is 1. The molecule has 1 aliphatic rings. The van der Waals surface area contributed by atoms with Gasteiger partial charge in [0.1, 0.15) is 12.2 Å². The summed E-state index contributed by atoms with van der Waals surface area (Å²) in [5, 5.41) is 9.71. The molecular formula is C18H15N5O2. The van der Waals surface area contributed by atoms with Crippen molar-refractivity contribution in [2.24, 2.45) is 0 Å². The Balaban J connectivity index is 1.66. The van der Waals surface area contributed by atoms with Crippen LogP contribution in [-0.4, -0.2) is 33.5 Å². The van der Waals surface area contributed by atoms with Gasteiger partial charge in [0, 0.05) is 11.8 Å². The van der Waals surface area contributed by atoms with Crippen LogP contribution in [0.15, 0.2) is 48.8 Å². The molecule has 2 aromatic heterocycles. The van der Waals surface area contributed by atoms with Crippen molar-refractivity contribution in [3.05, 3.63) is 60.0 Å². The first kappa shape index (κ1) is 15.1. The number of nitrogens with zero attached hydrogens (tertiary/aromatic N) is 3. The van der Waals surface area contributed by atoms with E-state index in [-0.39, 0.29) is 18.4 Å². The van der Waals surface area contributed by atoms with Gasteiger partial charge in [-0.15, -0.1) is 0 Å². The number of aryl methyl sites for hydroxylation is 1. The minimum atomic E-state index is -0.312. The monoisotopic (exact) mass is 333 g/mol. The van der Waals surface area contributed by atoms with Crippen molar-refractivity contribution in [2.45, 2.75) is 6.92 Å². The standard InChI is InChI=1S/C18H15N5O2/c1-11-2-4-12(5-3-11)13-8-14(22-21-13)18(25)23-10-17(24)20-15-9-19-7-6-16(15)23/h2-9H,10H2,1H3,(H,20,24)(H,21,22). The fourth-order valence-electron chi connectivity index (χ4n) is 2.77. The Morgan fingerprint density at radius 2 is 2.00 bits per heavy atom. The SMILES string of the molecule is Cc1ccc(-c2cc(C(=O)N3CC(=O)Nc4cnccc43)[nH]n2)cc1. The summed E-state index contributed by atoms with van der Waals surface area (Å²) in [6.45, 7) is 1.96. The van der Waals surface area contributed by atoms with Gasteiger partial charge in [-0.1, -0.05) is 29.8 Å². The van der Waals surface area contributed by atoms with Gasteiger partial charge in [-0.05, 0) is 19.1 Å². The largest absolute Gasteiger partial charge is 0.321 e. The van der Waals surface area contributed by atoms with Crippen LogP contribution in [0.5, 0.6) is 0 Å². The lowest BCUT2D eigenvalue weighted by Gasteiger charge is -2.28. The fourth-order valence-corrected chi connectivity index (χ4v) is 2.77. The van der Waals surface area contributed by atoms with E-state index in [4.69, 9.17) is 0 Å². The Morgan fingerprint density at radius 3 is 2.80 bits per heavy atom. The number of H-pyrrole nitrogens is 1. The highest BCUT2D eigenvalue weighted by molar-refractivity contribution is 6.14. The third kappa shape index (κ3) is 2.76. The molecule has 0 unspecified atom stereocenters. The number of amides is 2. The molecule has 25 heavy (non-hydrogen) atoms. The van der Waals surface area contributed by atoms with Gasteiger partial charge < -0.3 is 5.32 Å². The number of nitrogens with one attached hydrogen (secondary N) is 2. The predicted molar refractivity (Wildman–Crippen MR) is 93.3 cm³/mol. The average Bonchev–Trinajstić information content (AvgIpc) is 3.11.